The molecule has 7 nitrogen and oxygen atoms in total. The summed E-state index contributed by atoms with van der Waals surface area (Å²) in [4.78, 5) is 24.1. The van der Waals surface area contributed by atoms with Gasteiger partial charge in [-0.3, -0.25) is 9.59 Å². The lowest BCUT2D eigenvalue weighted by molar-refractivity contribution is -0.137. The van der Waals surface area contributed by atoms with Crippen LogP contribution in [0.3, 0.4) is 0 Å². The Kier molecular flexibility index (Phi) is 4.97. The van der Waals surface area contributed by atoms with Crippen LogP contribution in [-0.2, 0) is 17.5 Å². The molecule has 0 spiro atoms. The van der Waals surface area contributed by atoms with Gasteiger partial charge in [0.25, 0.3) is 5.91 Å². The second-order valence-electron chi connectivity index (χ2n) is 6.79. The average Bonchev–Trinajstić information content (AvgIpc) is 3.33. The van der Waals surface area contributed by atoms with Crippen molar-refractivity contribution in [2.24, 2.45) is 5.73 Å². The average molecular weight is 427 g/mol. The van der Waals surface area contributed by atoms with E-state index in [1.54, 1.807) is 28.8 Å². The predicted octanol–water partition coefficient (Wildman–Crippen LogP) is 3.58. The standard InChI is InChI=1S/C21H16F3N5O2/c22-21(23,24)13-4-3-5-14(10-13)29-9-8-18(27-29)26-19(30)12-28-11-16(20(25)31)15-6-1-2-7-17(15)28/h1-11H,12H2,(H2,25,31)(H,26,27,30). The zero-order valence-electron chi connectivity index (χ0n) is 15.9. The highest BCUT2D eigenvalue weighted by molar-refractivity contribution is 6.06. The maximum Gasteiger partial charge on any atom is 0.416 e. The third-order valence-corrected chi connectivity index (χ3v) is 4.66. The molecule has 0 radical (unpaired) electrons. The van der Waals surface area contributed by atoms with Gasteiger partial charge in [0, 0.05) is 29.4 Å². The predicted molar refractivity (Wildman–Crippen MR) is 108 cm³/mol. The van der Waals surface area contributed by atoms with Gasteiger partial charge in [0.15, 0.2) is 5.82 Å². The van der Waals surface area contributed by atoms with Crippen LogP contribution in [0.2, 0.25) is 0 Å². The summed E-state index contributed by atoms with van der Waals surface area (Å²) in [6.07, 6.45) is -1.52. The van der Waals surface area contributed by atoms with Gasteiger partial charge < -0.3 is 15.6 Å². The fourth-order valence-electron chi connectivity index (χ4n) is 3.27. The van der Waals surface area contributed by atoms with Crippen molar-refractivity contribution in [2.75, 3.05) is 5.32 Å². The Morgan fingerprint density at radius 3 is 2.58 bits per heavy atom. The lowest BCUT2D eigenvalue weighted by Gasteiger charge is -2.08. The van der Waals surface area contributed by atoms with Crippen LogP contribution in [0.5, 0.6) is 0 Å². The SMILES string of the molecule is NC(=O)c1cn(CC(=O)Nc2ccn(-c3cccc(C(F)(F)F)c3)n2)c2ccccc12. The Morgan fingerprint density at radius 2 is 1.84 bits per heavy atom. The zero-order valence-corrected chi connectivity index (χ0v) is 15.9. The summed E-state index contributed by atoms with van der Waals surface area (Å²) < 4.78 is 41.6. The van der Waals surface area contributed by atoms with E-state index >= 15 is 0 Å². The maximum atomic E-state index is 12.9. The molecule has 10 heteroatoms. The lowest BCUT2D eigenvalue weighted by atomic mass is 10.2. The Balaban J connectivity index is 1.52. The van der Waals surface area contributed by atoms with Gasteiger partial charge in [-0.15, -0.1) is 0 Å². The molecule has 2 amide bonds. The molecular formula is C21H16F3N5O2. The first-order valence-corrected chi connectivity index (χ1v) is 9.13. The van der Waals surface area contributed by atoms with Crippen LogP contribution in [0.1, 0.15) is 15.9 Å². The lowest BCUT2D eigenvalue weighted by Crippen LogP contribution is -2.19. The van der Waals surface area contributed by atoms with E-state index in [9.17, 15) is 22.8 Å². The largest absolute Gasteiger partial charge is 0.416 e. The molecule has 158 valence electrons. The minimum absolute atomic E-state index is 0.107. The number of carbonyl (C=O) groups is 2. The summed E-state index contributed by atoms with van der Waals surface area (Å²) in [6, 6.07) is 13.2. The van der Waals surface area contributed by atoms with Gasteiger partial charge >= 0.3 is 6.18 Å². The number of nitrogens with zero attached hydrogens (tertiary/aromatic N) is 3. The van der Waals surface area contributed by atoms with E-state index in [-0.39, 0.29) is 18.1 Å². The first-order valence-electron chi connectivity index (χ1n) is 9.13. The van der Waals surface area contributed by atoms with Crippen LogP contribution in [0.4, 0.5) is 19.0 Å². The molecule has 2 heterocycles. The Hall–Kier alpha value is -4.08. The quantitative estimate of drug-likeness (QED) is 0.510. The summed E-state index contributed by atoms with van der Waals surface area (Å²) >= 11 is 0. The summed E-state index contributed by atoms with van der Waals surface area (Å²) in [5, 5.41) is 7.35. The molecule has 0 aliphatic heterocycles. The van der Waals surface area contributed by atoms with Gasteiger partial charge in [0.05, 0.1) is 16.8 Å². The molecule has 0 atom stereocenters. The summed E-state index contributed by atoms with van der Waals surface area (Å²) in [6.45, 7) is -0.107. The highest BCUT2D eigenvalue weighted by atomic mass is 19.4. The van der Waals surface area contributed by atoms with E-state index in [4.69, 9.17) is 5.73 Å². The van der Waals surface area contributed by atoms with Gasteiger partial charge in [0.1, 0.15) is 6.54 Å². The highest BCUT2D eigenvalue weighted by Gasteiger charge is 2.30. The third kappa shape index (κ3) is 4.13. The van der Waals surface area contributed by atoms with E-state index < -0.39 is 23.6 Å². The van der Waals surface area contributed by atoms with Crippen LogP contribution < -0.4 is 11.1 Å². The van der Waals surface area contributed by atoms with Gasteiger partial charge in [-0.05, 0) is 24.3 Å². The number of anilines is 1. The van der Waals surface area contributed by atoms with E-state index in [1.165, 1.54) is 35.3 Å². The number of fused-ring (bicyclic) bond motifs is 1. The second-order valence-corrected chi connectivity index (χ2v) is 6.79. The van der Waals surface area contributed by atoms with Gasteiger partial charge in [-0.25, -0.2) is 4.68 Å². The number of hydrogen-bond donors (Lipinski definition) is 2. The molecule has 0 aliphatic rings. The van der Waals surface area contributed by atoms with E-state index in [0.29, 0.717) is 16.5 Å². The van der Waals surface area contributed by atoms with Crippen LogP contribution in [0, 0.1) is 0 Å². The normalized spacial score (nSPS) is 11.6. The molecule has 0 fully saturated rings. The molecule has 0 saturated carbocycles. The fourth-order valence-corrected chi connectivity index (χ4v) is 3.27. The number of benzene rings is 2. The van der Waals surface area contributed by atoms with Crippen molar-refractivity contribution < 1.29 is 22.8 Å². The number of nitrogens with two attached hydrogens (primary N) is 1. The molecular weight excluding hydrogens is 411 g/mol. The molecule has 0 aliphatic carbocycles. The molecule has 0 unspecified atom stereocenters. The van der Waals surface area contributed by atoms with Gasteiger partial charge in [-0.1, -0.05) is 24.3 Å². The number of halogens is 3. The van der Waals surface area contributed by atoms with Crippen LogP contribution >= 0.6 is 0 Å². The number of nitrogens with one attached hydrogen (secondary N) is 1. The van der Waals surface area contributed by atoms with E-state index in [2.05, 4.69) is 10.4 Å². The number of rotatable bonds is 5. The number of aromatic nitrogens is 3. The Labute approximate surface area is 173 Å². The Bertz CT molecular complexity index is 1290. The summed E-state index contributed by atoms with van der Waals surface area (Å²) in [5.74, 6) is -0.852. The molecule has 0 bridgehead atoms. The molecule has 3 N–H and O–H groups in total. The van der Waals surface area contributed by atoms with Crippen molar-refractivity contribution in [3.05, 3.63) is 78.1 Å². The first-order chi connectivity index (χ1) is 14.7. The summed E-state index contributed by atoms with van der Waals surface area (Å²) in [5.41, 5.74) is 5.79. The number of para-hydroxylation sites is 1. The molecule has 4 aromatic rings. The first kappa shape index (κ1) is 20.2. The van der Waals surface area contributed by atoms with E-state index in [1.807, 2.05) is 0 Å². The minimum atomic E-state index is -4.47. The Morgan fingerprint density at radius 1 is 1.06 bits per heavy atom. The number of primary amides is 1. The van der Waals surface area contributed by atoms with Crippen molar-refractivity contribution in [2.45, 2.75) is 12.7 Å². The van der Waals surface area contributed by atoms with Crippen molar-refractivity contribution in [3.63, 3.8) is 0 Å². The van der Waals surface area contributed by atoms with Crippen molar-refractivity contribution in [1.29, 1.82) is 0 Å². The number of hydrogen-bond acceptors (Lipinski definition) is 3. The molecule has 2 aromatic heterocycles. The van der Waals surface area contributed by atoms with Crippen LogP contribution in [0.15, 0.2) is 67.0 Å². The smallest absolute Gasteiger partial charge is 0.366 e. The van der Waals surface area contributed by atoms with Crippen molar-refractivity contribution >= 4 is 28.5 Å². The fraction of sp³-hybridized carbons (Fsp3) is 0.0952. The third-order valence-electron chi connectivity index (χ3n) is 4.66. The maximum absolute atomic E-state index is 12.9. The molecule has 4 rings (SSSR count). The van der Waals surface area contributed by atoms with Gasteiger partial charge in [-0.2, -0.15) is 18.3 Å². The van der Waals surface area contributed by atoms with Gasteiger partial charge in [0.2, 0.25) is 5.91 Å². The van der Waals surface area contributed by atoms with Crippen molar-refractivity contribution in [3.8, 4) is 5.69 Å². The topological polar surface area (TPSA) is 94.9 Å². The zero-order chi connectivity index (χ0) is 22.2. The minimum Gasteiger partial charge on any atom is -0.366 e. The number of carbonyl (C=O) groups excluding carboxylic acids is 2. The molecule has 2 aromatic carbocycles. The monoisotopic (exact) mass is 427 g/mol. The van der Waals surface area contributed by atoms with Crippen molar-refractivity contribution in [1.82, 2.24) is 14.3 Å². The molecule has 0 saturated heterocycles. The molecule has 31 heavy (non-hydrogen) atoms. The van der Waals surface area contributed by atoms with Crippen LogP contribution in [0.25, 0.3) is 16.6 Å². The van der Waals surface area contributed by atoms with E-state index in [0.717, 1.165) is 12.1 Å². The van der Waals surface area contributed by atoms with Crippen LogP contribution in [-0.4, -0.2) is 26.2 Å². The number of amides is 2. The highest BCUT2D eigenvalue weighted by Crippen LogP contribution is 2.30. The number of alkyl halides is 3. The summed E-state index contributed by atoms with van der Waals surface area (Å²) in [7, 11) is 0. The second kappa shape index (κ2) is 7.63.